The van der Waals surface area contributed by atoms with Crippen LogP contribution in [0.1, 0.15) is 102 Å². The van der Waals surface area contributed by atoms with Crippen molar-refractivity contribution >= 4 is 19.7 Å². The summed E-state index contributed by atoms with van der Waals surface area (Å²) in [5.41, 5.74) is 1.36. The fourth-order valence-electron chi connectivity index (χ4n) is 4.48. The largest absolute Gasteiger partial charge is 0.478 e. The molecule has 2 N–H and O–H groups in total. The first-order valence-electron chi connectivity index (χ1n) is 12.6. The van der Waals surface area contributed by atoms with Gasteiger partial charge >= 0.3 is 5.97 Å². The Hall–Kier alpha value is -1.29. The molecule has 0 amide bonds. The Bertz CT molecular complexity index is 555. The molecule has 172 valence electrons. The molecule has 0 saturated carbocycles. The van der Waals surface area contributed by atoms with Crippen LogP contribution < -0.4 is 5.32 Å². The molecule has 0 aliphatic heterocycles. The number of anilines is 1. The number of rotatable bonds is 19. The van der Waals surface area contributed by atoms with Crippen LogP contribution in [0.5, 0.6) is 0 Å². The van der Waals surface area contributed by atoms with Crippen LogP contribution >= 0.6 is 0 Å². The van der Waals surface area contributed by atoms with Gasteiger partial charge in [0, 0.05) is 12.2 Å². The van der Waals surface area contributed by atoms with E-state index in [1.165, 1.54) is 88.8 Å². The van der Waals surface area contributed by atoms with Crippen LogP contribution in [-0.2, 0) is 0 Å². The summed E-state index contributed by atoms with van der Waals surface area (Å²) in [6.45, 7) is 8.15. The van der Waals surface area contributed by atoms with Gasteiger partial charge in [-0.3, -0.25) is 0 Å². The quantitative estimate of drug-likeness (QED) is 0.170. The third kappa shape index (κ3) is 11.2. The van der Waals surface area contributed by atoms with Crippen molar-refractivity contribution in [3.05, 3.63) is 29.8 Å². The maximum Gasteiger partial charge on any atom is 0.335 e. The molecule has 0 unspecified atom stereocenters. The first-order chi connectivity index (χ1) is 14.6. The second-order valence-electron chi connectivity index (χ2n) is 9.05. The van der Waals surface area contributed by atoms with E-state index < -0.39 is 14.0 Å². The molecule has 4 heteroatoms. The molecule has 0 aliphatic carbocycles. The molecule has 0 spiro atoms. The van der Waals surface area contributed by atoms with Gasteiger partial charge in [-0.1, -0.05) is 109 Å². The van der Waals surface area contributed by atoms with Crippen molar-refractivity contribution in [3.8, 4) is 0 Å². The number of carboxylic acids is 1. The zero-order chi connectivity index (χ0) is 22.1. The summed E-state index contributed by atoms with van der Waals surface area (Å²) in [5.74, 6) is -0.868. The van der Waals surface area contributed by atoms with Gasteiger partial charge in [0.2, 0.25) is 0 Å². The summed E-state index contributed by atoms with van der Waals surface area (Å²) in [5, 5.41) is 12.4. The third-order valence-corrected chi connectivity index (χ3v) is 12.7. The number of carbonyl (C=O) groups is 1. The lowest BCUT2D eigenvalue weighted by atomic mass is 10.1. The summed E-state index contributed by atoms with van der Waals surface area (Å²) in [6.07, 6.45) is 15.3. The lowest BCUT2D eigenvalue weighted by Crippen LogP contribution is -2.31. The Morgan fingerprint density at radius 3 is 1.77 bits per heavy atom. The summed E-state index contributed by atoms with van der Waals surface area (Å²) in [6, 6.07) is 13.0. The Labute approximate surface area is 187 Å². The highest BCUT2D eigenvalue weighted by Crippen LogP contribution is 2.30. The summed E-state index contributed by atoms with van der Waals surface area (Å²) in [7, 11) is -1.04. The van der Waals surface area contributed by atoms with E-state index in [9.17, 15) is 4.79 Å². The number of nitrogens with one attached hydrogen (secondary N) is 1. The average molecular weight is 434 g/mol. The Balaban J connectivity index is 2.16. The van der Waals surface area contributed by atoms with Crippen molar-refractivity contribution in [3.63, 3.8) is 0 Å². The van der Waals surface area contributed by atoms with Gasteiger partial charge < -0.3 is 10.4 Å². The SMILES string of the molecule is CCCCCCCCCC[Si](CC)(CC)CCCCCNc1ccc(C(=O)O)cc1. The maximum absolute atomic E-state index is 10.9. The van der Waals surface area contributed by atoms with E-state index in [0.717, 1.165) is 12.2 Å². The van der Waals surface area contributed by atoms with E-state index in [1.807, 2.05) is 12.1 Å². The monoisotopic (exact) mass is 433 g/mol. The normalized spacial score (nSPS) is 11.6. The molecule has 0 atom stereocenters. The fourth-order valence-corrected chi connectivity index (χ4v) is 8.65. The van der Waals surface area contributed by atoms with Gasteiger partial charge in [-0.15, -0.1) is 0 Å². The first kappa shape index (κ1) is 26.7. The summed E-state index contributed by atoms with van der Waals surface area (Å²) in [4.78, 5) is 10.9. The first-order valence-corrected chi connectivity index (χ1v) is 15.5. The number of hydrogen-bond acceptors (Lipinski definition) is 2. The van der Waals surface area contributed by atoms with Crippen LogP contribution in [-0.4, -0.2) is 25.7 Å². The molecule has 0 fully saturated rings. The van der Waals surface area contributed by atoms with Crippen LogP contribution in [0.25, 0.3) is 0 Å². The van der Waals surface area contributed by atoms with Gasteiger partial charge in [-0.05, 0) is 30.7 Å². The van der Waals surface area contributed by atoms with Crippen molar-refractivity contribution in [1.29, 1.82) is 0 Å². The van der Waals surface area contributed by atoms with Gasteiger partial charge in [0.25, 0.3) is 0 Å². The number of carboxylic acid groups (broad SMARTS) is 1. The average Bonchev–Trinajstić information content (AvgIpc) is 2.77. The standard InChI is InChI=1S/C26H47NO2Si/c1-4-7-8-9-10-11-12-15-22-30(5-2,6-3)23-16-13-14-21-27-25-19-17-24(18-20-25)26(28)29/h17-20,27H,4-16,21-23H2,1-3H3,(H,28,29). The Morgan fingerprint density at radius 2 is 1.27 bits per heavy atom. The van der Waals surface area contributed by atoms with Crippen LogP contribution in [0, 0.1) is 0 Å². The fraction of sp³-hybridized carbons (Fsp3) is 0.731. The van der Waals surface area contributed by atoms with Crippen molar-refractivity contribution in [2.75, 3.05) is 11.9 Å². The molecule has 0 heterocycles. The smallest absolute Gasteiger partial charge is 0.335 e. The Morgan fingerprint density at radius 1 is 0.767 bits per heavy atom. The van der Waals surface area contributed by atoms with Crippen LogP contribution in [0.4, 0.5) is 5.69 Å². The molecule has 0 aliphatic rings. The zero-order valence-corrected chi connectivity index (χ0v) is 21.0. The summed E-state index contributed by atoms with van der Waals surface area (Å²) >= 11 is 0. The molecular formula is C26H47NO2Si. The molecular weight excluding hydrogens is 386 g/mol. The predicted molar refractivity (Wildman–Crippen MR) is 135 cm³/mol. The van der Waals surface area contributed by atoms with Gasteiger partial charge in [0.1, 0.15) is 0 Å². The van der Waals surface area contributed by atoms with E-state index >= 15 is 0 Å². The number of benzene rings is 1. The van der Waals surface area contributed by atoms with E-state index in [4.69, 9.17) is 5.11 Å². The molecule has 0 bridgehead atoms. The molecule has 3 nitrogen and oxygen atoms in total. The van der Waals surface area contributed by atoms with Crippen molar-refractivity contribution in [2.45, 2.75) is 116 Å². The zero-order valence-electron chi connectivity index (χ0n) is 20.0. The number of aromatic carboxylic acids is 1. The number of unbranched alkanes of at least 4 members (excludes halogenated alkanes) is 9. The highest BCUT2D eigenvalue weighted by atomic mass is 28.3. The van der Waals surface area contributed by atoms with E-state index in [0.29, 0.717) is 5.56 Å². The molecule has 1 aromatic rings. The van der Waals surface area contributed by atoms with Gasteiger partial charge in [-0.25, -0.2) is 4.79 Å². The number of hydrogen-bond donors (Lipinski definition) is 2. The van der Waals surface area contributed by atoms with Gasteiger partial charge in [-0.2, -0.15) is 0 Å². The third-order valence-electron chi connectivity index (χ3n) is 6.91. The molecule has 0 radical (unpaired) electrons. The van der Waals surface area contributed by atoms with Gasteiger partial charge in [0.15, 0.2) is 0 Å². The lowest BCUT2D eigenvalue weighted by Gasteiger charge is -2.30. The highest BCUT2D eigenvalue weighted by molar-refractivity contribution is 6.79. The molecule has 0 saturated heterocycles. The predicted octanol–water partition coefficient (Wildman–Crippen LogP) is 8.60. The Kier molecular flexibility index (Phi) is 14.6. The lowest BCUT2D eigenvalue weighted by molar-refractivity contribution is 0.0697. The topological polar surface area (TPSA) is 49.3 Å². The van der Waals surface area contributed by atoms with Crippen molar-refractivity contribution < 1.29 is 9.90 Å². The minimum absolute atomic E-state index is 0.345. The second kappa shape index (κ2) is 16.4. The second-order valence-corrected chi connectivity index (χ2v) is 14.5. The molecule has 1 aromatic carbocycles. The highest BCUT2D eigenvalue weighted by Gasteiger charge is 2.27. The summed E-state index contributed by atoms with van der Waals surface area (Å²) < 4.78 is 0. The minimum Gasteiger partial charge on any atom is -0.478 e. The maximum atomic E-state index is 10.9. The van der Waals surface area contributed by atoms with Crippen LogP contribution in [0.2, 0.25) is 24.2 Å². The van der Waals surface area contributed by atoms with Crippen molar-refractivity contribution in [1.82, 2.24) is 0 Å². The molecule has 0 aromatic heterocycles. The van der Waals surface area contributed by atoms with Crippen LogP contribution in [0.15, 0.2) is 24.3 Å². The molecule has 30 heavy (non-hydrogen) atoms. The van der Waals surface area contributed by atoms with E-state index in [2.05, 4.69) is 26.1 Å². The van der Waals surface area contributed by atoms with Crippen LogP contribution in [0.3, 0.4) is 0 Å². The van der Waals surface area contributed by atoms with Gasteiger partial charge in [0.05, 0.1) is 13.6 Å². The van der Waals surface area contributed by atoms with E-state index in [1.54, 1.807) is 18.2 Å². The molecule has 1 rings (SSSR count). The van der Waals surface area contributed by atoms with E-state index in [-0.39, 0.29) is 0 Å². The van der Waals surface area contributed by atoms with Crippen molar-refractivity contribution in [2.24, 2.45) is 0 Å². The minimum atomic E-state index is -1.04.